The standard InChI is InChI=1S/C24H27F2NO4/c1-14(23(30)27-15(2)28)11-17-7-9-19(13-20(17)16-5-4-6-16)31-22-10-8-18(12-21(22)29)24(3,25)26/h7-10,12-14,16,29H,4-6,11H2,1-3H3,(H,27,28,30). The van der Waals surface area contributed by atoms with Crippen molar-refractivity contribution in [2.24, 2.45) is 5.92 Å². The number of rotatable bonds is 7. The van der Waals surface area contributed by atoms with Gasteiger partial charge >= 0.3 is 0 Å². The largest absolute Gasteiger partial charge is 0.504 e. The molecule has 2 N–H and O–H groups in total. The van der Waals surface area contributed by atoms with Crippen LogP contribution in [0.25, 0.3) is 0 Å². The molecule has 1 aliphatic rings. The van der Waals surface area contributed by atoms with Crippen molar-refractivity contribution in [1.82, 2.24) is 5.32 Å². The molecule has 0 aromatic heterocycles. The summed E-state index contributed by atoms with van der Waals surface area (Å²) >= 11 is 0. The molecule has 2 aromatic rings. The quantitative estimate of drug-likeness (QED) is 0.615. The molecule has 0 saturated heterocycles. The third-order valence-corrected chi connectivity index (χ3v) is 5.63. The summed E-state index contributed by atoms with van der Waals surface area (Å²) in [6.07, 6.45) is 3.69. The fraction of sp³-hybridized carbons (Fsp3) is 0.417. The van der Waals surface area contributed by atoms with Crippen molar-refractivity contribution in [3.05, 3.63) is 53.1 Å². The van der Waals surface area contributed by atoms with E-state index in [1.165, 1.54) is 19.1 Å². The number of ether oxygens (including phenoxy) is 1. The molecule has 1 fully saturated rings. The highest BCUT2D eigenvalue weighted by Gasteiger charge is 2.27. The van der Waals surface area contributed by atoms with Crippen LogP contribution in [0.3, 0.4) is 0 Å². The first kappa shape index (κ1) is 22.7. The van der Waals surface area contributed by atoms with Crippen molar-refractivity contribution < 1.29 is 28.2 Å². The zero-order valence-corrected chi connectivity index (χ0v) is 17.9. The summed E-state index contributed by atoms with van der Waals surface area (Å²) in [5.74, 6) is -3.55. The topological polar surface area (TPSA) is 75.6 Å². The van der Waals surface area contributed by atoms with Crippen LogP contribution in [0.2, 0.25) is 0 Å². The number of aromatic hydroxyl groups is 1. The lowest BCUT2D eigenvalue weighted by Crippen LogP contribution is -2.33. The Kier molecular flexibility index (Phi) is 6.62. The van der Waals surface area contributed by atoms with Crippen molar-refractivity contribution in [3.63, 3.8) is 0 Å². The van der Waals surface area contributed by atoms with Crippen LogP contribution in [0.5, 0.6) is 17.2 Å². The summed E-state index contributed by atoms with van der Waals surface area (Å²) in [7, 11) is 0. The lowest BCUT2D eigenvalue weighted by molar-refractivity contribution is -0.131. The molecule has 166 valence electrons. The van der Waals surface area contributed by atoms with Gasteiger partial charge in [-0.15, -0.1) is 0 Å². The molecule has 7 heteroatoms. The van der Waals surface area contributed by atoms with E-state index in [4.69, 9.17) is 4.74 Å². The van der Waals surface area contributed by atoms with Gasteiger partial charge in [-0.25, -0.2) is 8.78 Å². The number of carbonyl (C=O) groups excluding carboxylic acids is 2. The van der Waals surface area contributed by atoms with Crippen molar-refractivity contribution in [2.75, 3.05) is 0 Å². The highest BCUT2D eigenvalue weighted by Crippen LogP contribution is 2.42. The number of phenols is 1. The van der Waals surface area contributed by atoms with Crippen LogP contribution in [0.4, 0.5) is 8.78 Å². The maximum atomic E-state index is 13.5. The van der Waals surface area contributed by atoms with E-state index in [1.807, 2.05) is 12.1 Å². The molecule has 0 heterocycles. The molecule has 1 atom stereocenters. The summed E-state index contributed by atoms with van der Waals surface area (Å²) < 4.78 is 32.7. The third kappa shape index (κ3) is 5.60. The second-order valence-corrected chi connectivity index (χ2v) is 8.31. The maximum absolute atomic E-state index is 13.5. The summed E-state index contributed by atoms with van der Waals surface area (Å²) in [6.45, 7) is 3.85. The molecule has 5 nitrogen and oxygen atoms in total. The predicted octanol–water partition coefficient (Wildman–Crippen LogP) is 5.41. The van der Waals surface area contributed by atoms with Gasteiger partial charge in [0.2, 0.25) is 11.8 Å². The SMILES string of the molecule is CC(=O)NC(=O)C(C)Cc1ccc(Oc2ccc(C(C)(F)F)cc2O)cc1C1CCC1. The van der Waals surface area contributed by atoms with Gasteiger partial charge in [-0.3, -0.25) is 14.9 Å². The monoisotopic (exact) mass is 431 g/mol. The average molecular weight is 431 g/mol. The molecule has 1 unspecified atom stereocenters. The first-order valence-corrected chi connectivity index (χ1v) is 10.4. The fourth-order valence-corrected chi connectivity index (χ4v) is 3.64. The molecule has 0 spiro atoms. The highest BCUT2D eigenvalue weighted by molar-refractivity contribution is 5.95. The molecular weight excluding hydrogens is 404 g/mol. The van der Waals surface area contributed by atoms with Crippen molar-refractivity contribution in [1.29, 1.82) is 0 Å². The molecular formula is C24H27F2NO4. The van der Waals surface area contributed by atoms with E-state index in [0.29, 0.717) is 18.1 Å². The van der Waals surface area contributed by atoms with Gasteiger partial charge in [-0.05, 0) is 66.6 Å². The number of halogens is 2. The Bertz CT molecular complexity index is 980. The van der Waals surface area contributed by atoms with E-state index in [9.17, 15) is 23.5 Å². The Labute approximate surface area is 180 Å². The van der Waals surface area contributed by atoms with E-state index < -0.39 is 5.92 Å². The molecule has 31 heavy (non-hydrogen) atoms. The normalized spacial score (nSPS) is 15.1. The highest BCUT2D eigenvalue weighted by atomic mass is 19.3. The Morgan fingerprint density at radius 3 is 2.48 bits per heavy atom. The number of nitrogens with one attached hydrogen (secondary N) is 1. The van der Waals surface area contributed by atoms with Gasteiger partial charge < -0.3 is 9.84 Å². The van der Waals surface area contributed by atoms with Gasteiger partial charge in [-0.2, -0.15) is 0 Å². The number of hydrogen-bond acceptors (Lipinski definition) is 4. The van der Waals surface area contributed by atoms with E-state index >= 15 is 0 Å². The minimum absolute atomic E-state index is 0.0921. The second-order valence-electron chi connectivity index (χ2n) is 8.31. The van der Waals surface area contributed by atoms with Crippen LogP contribution < -0.4 is 10.1 Å². The molecule has 2 amide bonds. The first-order valence-electron chi connectivity index (χ1n) is 10.4. The lowest BCUT2D eigenvalue weighted by Gasteiger charge is -2.29. The zero-order chi connectivity index (χ0) is 22.8. The average Bonchev–Trinajstić information content (AvgIpc) is 2.62. The van der Waals surface area contributed by atoms with Gasteiger partial charge in [0.05, 0.1) is 0 Å². The number of phenolic OH excluding ortho intramolecular Hbond substituents is 1. The van der Waals surface area contributed by atoms with E-state index in [0.717, 1.165) is 43.4 Å². The van der Waals surface area contributed by atoms with E-state index in [2.05, 4.69) is 5.32 Å². The third-order valence-electron chi connectivity index (χ3n) is 5.63. The number of imide groups is 1. The molecule has 1 aliphatic carbocycles. The molecule has 0 bridgehead atoms. The van der Waals surface area contributed by atoms with Crippen LogP contribution in [0.15, 0.2) is 36.4 Å². The van der Waals surface area contributed by atoms with Crippen molar-refractivity contribution >= 4 is 11.8 Å². The molecule has 0 radical (unpaired) electrons. The zero-order valence-electron chi connectivity index (χ0n) is 17.9. The van der Waals surface area contributed by atoms with Gasteiger partial charge in [0.15, 0.2) is 11.5 Å². The maximum Gasteiger partial charge on any atom is 0.270 e. The lowest BCUT2D eigenvalue weighted by atomic mass is 9.77. The van der Waals surface area contributed by atoms with Crippen molar-refractivity contribution in [3.8, 4) is 17.2 Å². The first-order chi connectivity index (χ1) is 14.5. The fourth-order valence-electron chi connectivity index (χ4n) is 3.64. The number of benzene rings is 2. The summed E-state index contributed by atoms with van der Waals surface area (Å²) in [5, 5.41) is 12.4. The number of amides is 2. The molecule has 1 saturated carbocycles. The summed E-state index contributed by atoms with van der Waals surface area (Å²) in [5.41, 5.74) is 1.79. The summed E-state index contributed by atoms with van der Waals surface area (Å²) in [6, 6.07) is 9.06. The van der Waals surface area contributed by atoms with Crippen molar-refractivity contribution in [2.45, 2.75) is 58.3 Å². The molecule has 0 aliphatic heterocycles. The van der Waals surface area contributed by atoms with E-state index in [-0.39, 0.29) is 34.8 Å². The molecule has 3 rings (SSSR count). The minimum atomic E-state index is -3.06. The van der Waals surface area contributed by atoms with Gasteiger partial charge in [0.25, 0.3) is 5.92 Å². The number of hydrogen-bond donors (Lipinski definition) is 2. The Morgan fingerprint density at radius 2 is 1.94 bits per heavy atom. The molecule has 2 aromatic carbocycles. The van der Waals surface area contributed by atoms with Gasteiger partial charge in [-0.1, -0.05) is 19.4 Å². The van der Waals surface area contributed by atoms with Crippen LogP contribution >= 0.6 is 0 Å². The Morgan fingerprint density at radius 1 is 1.23 bits per heavy atom. The smallest absolute Gasteiger partial charge is 0.270 e. The van der Waals surface area contributed by atoms with Crippen LogP contribution in [0, 0.1) is 5.92 Å². The Balaban J connectivity index is 1.82. The summed E-state index contributed by atoms with van der Waals surface area (Å²) in [4.78, 5) is 23.3. The Hall–Kier alpha value is -2.96. The minimum Gasteiger partial charge on any atom is -0.504 e. The number of alkyl halides is 2. The van der Waals surface area contributed by atoms with Crippen LogP contribution in [-0.4, -0.2) is 16.9 Å². The van der Waals surface area contributed by atoms with Crippen LogP contribution in [-0.2, 0) is 21.9 Å². The van der Waals surface area contributed by atoms with E-state index in [1.54, 1.807) is 13.0 Å². The second kappa shape index (κ2) is 9.04. The van der Waals surface area contributed by atoms with Crippen LogP contribution in [0.1, 0.15) is 62.6 Å². The predicted molar refractivity (Wildman–Crippen MR) is 112 cm³/mol. The number of carbonyl (C=O) groups is 2. The van der Waals surface area contributed by atoms with Gasteiger partial charge in [0.1, 0.15) is 5.75 Å². The van der Waals surface area contributed by atoms with Gasteiger partial charge in [0, 0.05) is 25.3 Å².